The van der Waals surface area contributed by atoms with Crippen molar-refractivity contribution >= 4 is 17.7 Å². The molecule has 0 atom stereocenters. The van der Waals surface area contributed by atoms with E-state index in [0.717, 1.165) is 16.8 Å². The number of nitrogens with zero attached hydrogens (tertiary/aromatic N) is 3. The van der Waals surface area contributed by atoms with Gasteiger partial charge in [0.25, 0.3) is 0 Å². The van der Waals surface area contributed by atoms with Crippen LogP contribution in [0.3, 0.4) is 0 Å². The van der Waals surface area contributed by atoms with Gasteiger partial charge in [0.05, 0.1) is 18.6 Å². The van der Waals surface area contributed by atoms with Crippen LogP contribution in [0.4, 0.5) is 0 Å². The van der Waals surface area contributed by atoms with E-state index in [9.17, 15) is 4.79 Å². The first-order valence-electron chi connectivity index (χ1n) is 7.67. The summed E-state index contributed by atoms with van der Waals surface area (Å²) < 4.78 is 7.37. The van der Waals surface area contributed by atoms with Crippen molar-refractivity contribution in [2.45, 2.75) is 12.1 Å². The van der Waals surface area contributed by atoms with Gasteiger partial charge in [0.2, 0.25) is 5.91 Å². The summed E-state index contributed by atoms with van der Waals surface area (Å²) in [5.74, 6) is 1.09. The van der Waals surface area contributed by atoms with Crippen molar-refractivity contribution in [3.63, 3.8) is 0 Å². The van der Waals surface area contributed by atoms with Gasteiger partial charge in [0.15, 0.2) is 11.0 Å². The predicted octanol–water partition coefficient (Wildman–Crippen LogP) is 2.83. The first kappa shape index (κ1) is 17.0. The van der Waals surface area contributed by atoms with E-state index >= 15 is 0 Å². The van der Waals surface area contributed by atoms with Crippen LogP contribution in [0, 0.1) is 6.92 Å². The van der Waals surface area contributed by atoms with Crippen LogP contribution in [0.1, 0.15) is 5.56 Å². The fraction of sp³-hybridized carbons (Fsp3) is 0.167. The molecule has 3 rings (SSSR count). The largest absolute Gasteiger partial charge is 0.495 e. The highest BCUT2D eigenvalue weighted by Crippen LogP contribution is 2.32. The number of thioether (sulfide) groups is 1. The molecular formula is C18H18N4O2S. The Morgan fingerprint density at radius 1 is 1.16 bits per heavy atom. The number of rotatable bonds is 6. The molecule has 0 radical (unpaired) electrons. The molecule has 128 valence electrons. The molecule has 0 saturated heterocycles. The molecule has 2 N–H and O–H groups in total. The molecule has 25 heavy (non-hydrogen) atoms. The highest BCUT2D eigenvalue weighted by molar-refractivity contribution is 7.99. The average Bonchev–Trinajstić information content (AvgIpc) is 3.04. The Kier molecular flexibility index (Phi) is 5.04. The van der Waals surface area contributed by atoms with Gasteiger partial charge in [-0.1, -0.05) is 53.7 Å². The minimum atomic E-state index is -0.406. The molecule has 0 aliphatic heterocycles. The van der Waals surface area contributed by atoms with Crippen LogP contribution in [0.15, 0.2) is 53.7 Å². The molecule has 0 bridgehead atoms. The van der Waals surface area contributed by atoms with E-state index in [1.54, 1.807) is 7.11 Å². The van der Waals surface area contributed by atoms with Crippen molar-refractivity contribution in [1.82, 2.24) is 14.8 Å². The van der Waals surface area contributed by atoms with Crippen molar-refractivity contribution in [2.24, 2.45) is 5.73 Å². The molecular weight excluding hydrogens is 336 g/mol. The van der Waals surface area contributed by atoms with Gasteiger partial charge in [-0.25, -0.2) is 0 Å². The fourth-order valence-electron chi connectivity index (χ4n) is 2.42. The third kappa shape index (κ3) is 3.66. The smallest absolute Gasteiger partial charge is 0.227 e. The van der Waals surface area contributed by atoms with Crippen molar-refractivity contribution < 1.29 is 9.53 Å². The molecule has 3 aromatic rings. The minimum Gasteiger partial charge on any atom is -0.495 e. The van der Waals surface area contributed by atoms with Crippen LogP contribution in [-0.4, -0.2) is 33.5 Å². The Bertz CT molecular complexity index is 890. The lowest BCUT2D eigenvalue weighted by molar-refractivity contribution is -0.115. The van der Waals surface area contributed by atoms with Crippen molar-refractivity contribution in [1.29, 1.82) is 0 Å². The number of aromatic nitrogens is 3. The van der Waals surface area contributed by atoms with Gasteiger partial charge >= 0.3 is 0 Å². The molecule has 0 spiro atoms. The second kappa shape index (κ2) is 7.40. The zero-order chi connectivity index (χ0) is 17.8. The first-order chi connectivity index (χ1) is 12.1. The standard InChI is InChI=1S/C18H18N4O2S/c1-12-7-9-13(10-8-12)17-20-21-18(25-11-16(19)23)22(17)14-5-3-4-6-15(14)24-2/h3-10H,11H2,1-2H3,(H2,19,23). The van der Waals surface area contributed by atoms with Crippen LogP contribution >= 0.6 is 11.8 Å². The Balaban J connectivity index is 2.16. The minimum absolute atomic E-state index is 0.126. The quantitative estimate of drug-likeness (QED) is 0.688. The summed E-state index contributed by atoms with van der Waals surface area (Å²) in [7, 11) is 1.62. The SMILES string of the molecule is COc1ccccc1-n1c(SCC(N)=O)nnc1-c1ccc(C)cc1. The van der Waals surface area contributed by atoms with E-state index < -0.39 is 5.91 Å². The van der Waals surface area contributed by atoms with E-state index in [1.807, 2.05) is 60.0 Å². The van der Waals surface area contributed by atoms with Crippen LogP contribution in [-0.2, 0) is 4.79 Å². The number of benzene rings is 2. The van der Waals surface area contributed by atoms with Gasteiger partial charge in [-0.05, 0) is 19.1 Å². The lowest BCUT2D eigenvalue weighted by Crippen LogP contribution is -2.13. The van der Waals surface area contributed by atoms with E-state index in [0.29, 0.717) is 16.7 Å². The topological polar surface area (TPSA) is 83.0 Å². The van der Waals surface area contributed by atoms with E-state index in [2.05, 4.69) is 10.2 Å². The maximum atomic E-state index is 11.2. The number of hydrogen-bond donors (Lipinski definition) is 1. The highest BCUT2D eigenvalue weighted by atomic mass is 32.2. The summed E-state index contributed by atoms with van der Waals surface area (Å²) in [6.45, 7) is 2.03. The average molecular weight is 354 g/mol. The number of aryl methyl sites for hydroxylation is 1. The Morgan fingerprint density at radius 3 is 2.56 bits per heavy atom. The number of hydrogen-bond acceptors (Lipinski definition) is 5. The second-order valence-electron chi connectivity index (χ2n) is 5.43. The lowest BCUT2D eigenvalue weighted by atomic mass is 10.1. The summed E-state index contributed by atoms with van der Waals surface area (Å²) in [5, 5.41) is 9.16. The van der Waals surface area contributed by atoms with E-state index in [1.165, 1.54) is 11.8 Å². The molecule has 0 fully saturated rings. The molecule has 1 amide bonds. The van der Waals surface area contributed by atoms with Gasteiger partial charge in [-0.3, -0.25) is 9.36 Å². The van der Waals surface area contributed by atoms with E-state index in [-0.39, 0.29) is 5.75 Å². The van der Waals surface area contributed by atoms with Crippen LogP contribution in [0.5, 0.6) is 5.75 Å². The predicted molar refractivity (Wildman–Crippen MR) is 98.0 cm³/mol. The molecule has 0 saturated carbocycles. The van der Waals surface area contributed by atoms with Crippen molar-refractivity contribution in [3.05, 3.63) is 54.1 Å². The summed E-state index contributed by atoms with van der Waals surface area (Å²) in [6, 6.07) is 15.6. The van der Waals surface area contributed by atoms with Crippen LogP contribution < -0.4 is 10.5 Å². The Labute approximate surface area is 150 Å². The van der Waals surface area contributed by atoms with Crippen LogP contribution in [0.25, 0.3) is 17.1 Å². The number of methoxy groups -OCH3 is 1. The summed E-state index contributed by atoms with van der Waals surface area (Å²) in [5.41, 5.74) is 8.17. The number of carbonyl (C=O) groups is 1. The van der Waals surface area contributed by atoms with E-state index in [4.69, 9.17) is 10.5 Å². The molecule has 0 unspecified atom stereocenters. The lowest BCUT2D eigenvalue weighted by Gasteiger charge is -2.13. The molecule has 1 heterocycles. The first-order valence-corrected chi connectivity index (χ1v) is 8.65. The van der Waals surface area contributed by atoms with Gasteiger partial charge in [-0.15, -0.1) is 10.2 Å². The number of ether oxygens (including phenoxy) is 1. The summed E-state index contributed by atoms with van der Waals surface area (Å²) in [4.78, 5) is 11.2. The van der Waals surface area contributed by atoms with Gasteiger partial charge in [-0.2, -0.15) is 0 Å². The van der Waals surface area contributed by atoms with Crippen molar-refractivity contribution in [3.8, 4) is 22.8 Å². The van der Waals surface area contributed by atoms with Crippen LogP contribution in [0.2, 0.25) is 0 Å². The maximum absolute atomic E-state index is 11.2. The maximum Gasteiger partial charge on any atom is 0.227 e. The second-order valence-corrected chi connectivity index (χ2v) is 6.38. The zero-order valence-corrected chi connectivity index (χ0v) is 14.8. The molecule has 2 aromatic carbocycles. The molecule has 0 aliphatic rings. The molecule has 1 aromatic heterocycles. The molecule has 7 heteroatoms. The number of carbonyl (C=O) groups excluding carboxylic acids is 1. The van der Waals surface area contributed by atoms with Gasteiger partial charge < -0.3 is 10.5 Å². The number of primary amides is 1. The normalized spacial score (nSPS) is 10.6. The van der Waals surface area contributed by atoms with Gasteiger partial charge in [0.1, 0.15) is 5.75 Å². The highest BCUT2D eigenvalue weighted by Gasteiger charge is 2.19. The Hall–Kier alpha value is -2.80. The number of amides is 1. The molecule has 6 nitrogen and oxygen atoms in total. The van der Waals surface area contributed by atoms with Gasteiger partial charge in [0, 0.05) is 5.56 Å². The third-order valence-corrected chi connectivity index (χ3v) is 4.56. The van der Waals surface area contributed by atoms with Crippen molar-refractivity contribution in [2.75, 3.05) is 12.9 Å². The summed E-state index contributed by atoms with van der Waals surface area (Å²) >= 11 is 1.25. The summed E-state index contributed by atoms with van der Waals surface area (Å²) in [6.07, 6.45) is 0. The fourth-order valence-corrected chi connectivity index (χ4v) is 3.10. The monoisotopic (exact) mass is 354 g/mol. The number of para-hydroxylation sites is 2. The zero-order valence-electron chi connectivity index (χ0n) is 14.0. The number of nitrogens with two attached hydrogens (primary N) is 1. The third-order valence-electron chi connectivity index (χ3n) is 3.61. The molecule has 0 aliphatic carbocycles. The Morgan fingerprint density at radius 2 is 1.88 bits per heavy atom.